The maximum Gasteiger partial charge on any atom is 0.341 e. The molecule has 5 heteroatoms. The largest absolute Gasteiger partial charge is 0.481 e. The topological polar surface area (TPSA) is 46.5 Å². The fourth-order valence-corrected chi connectivity index (χ4v) is 1.43. The Morgan fingerprint density at radius 1 is 1.56 bits per heavy atom. The number of hydrogen-bond donors (Lipinski definition) is 1. The maximum absolute atomic E-state index is 10.4. The van der Waals surface area contributed by atoms with Crippen LogP contribution in [0.25, 0.3) is 6.08 Å². The van der Waals surface area contributed by atoms with E-state index in [0.717, 1.165) is 5.56 Å². The average Bonchev–Trinajstić information content (AvgIpc) is 2.25. The monoisotopic (exact) mass is 304 g/mol. The molecule has 0 atom stereocenters. The molecule has 3 nitrogen and oxygen atoms in total. The molecule has 0 spiro atoms. The number of alkyl halides is 1. The van der Waals surface area contributed by atoms with Crippen molar-refractivity contribution in [1.29, 1.82) is 0 Å². The van der Waals surface area contributed by atoms with Gasteiger partial charge in [-0.1, -0.05) is 39.7 Å². The lowest BCUT2D eigenvalue weighted by Crippen LogP contribution is -2.10. The van der Waals surface area contributed by atoms with E-state index in [2.05, 4.69) is 15.9 Å². The normalized spacial score (nSPS) is 10.6. The van der Waals surface area contributed by atoms with Crippen LogP contribution in [0.4, 0.5) is 0 Å². The fraction of sp³-hybridized carbons (Fsp3) is 0.182. The zero-order valence-corrected chi connectivity index (χ0v) is 10.7. The smallest absolute Gasteiger partial charge is 0.341 e. The van der Waals surface area contributed by atoms with Crippen LogP contribution in [0.5, 0.6) is 5.75 Å². The molecule has 1 aromatic carbocycles. The predicted molar refractivity (Wildman–Crippen MR) is 67.4 cm³/mol. The Hall–Kier alpha value is -1.00. The molecule has 0 saturated heterocycles. The fourth-order valence-electron chi connectivity index (χ4n) is 1.08. The van der Waals surface area contributed by atoms with Gasteiger partial charge < -0.3 is 9.84 Å². The Bertz CT molecular complexity index is 404. The van der Waals surface area contributed by atoms with Gasteiger partial charge in [-0.2, -0.15) is 0 Å². The molecule has 0 unspecified atom stereocenters. The molecule has 0 fully saturated rings. The lowest BCUT2D eigenvalue weighted by atomic mass is 10.2. The van der Waals surface area contributed by atoms with Crippen LogP contribution in [0.3, 0.4) is 0 Å². The van der Waals surface area contributed by atoms with Gasteiger partial charge in [0.2, 0.25) is 0 Å². The van der Waals surface area contributed by atoms with Crippen molar-refractivity contribution in [2.45, 2.75) is 0 Å². The minimum absolute atomic E-state index is 0.379. The van der Waals surface area contributed by atoms with Gasteiger partial charge >= 0.3 is 5.97 Å². The van der Waals surface area contributed by atoms with Crippen LogP contribution in [0.2, 0.25) is 5.02 Å². The van der Waals surface area contributed by atoms with Gasteiger partial charge in [-0.25, -0.2) is 4.79 Å². The number of carboxylic acids is 1. The molecule has 0 aliphatic carbocycles. The van der Waals surface area contributed by atoms with Gasteiger partial charge in [0.05, 0.1) is 0 Å². The van der Waals surface area contributed by atoms with Gasteiger partial charge in [-0.15, -0.1) is 0 Å². The number of ether oxygens (including phenoxy) is 1. The molecule has 0 bridgehead atoms. The molecule has 0 aromatic heterocycles. The van der Waals surface area contributed by atoms with E-state index in [1.807, 2.05) is 12.2 Å². The number of benzene rings is 1. The molecule has 1 N–H and O–H groups in total. The summed E-state index contributed by atoms with van der Waals surface area (Å²) in [6.45, 7) is -0.379. The van der Waals surface area contributed by atoms with Gasteiger partial charge in [-0.05, 0) is 18.2 Å². The summed E-state index contributed by atoms with van der Waals surface area (Å²) < 4.78 is 5.13. The molecule has 86 valence electrons. The van der Waals surface area contributed by atoms with Gasteiger partial charge in [0, 0.05) is 15.9 Å². The standard InChI is InChI=1S/C11H10BrClO3/c12-5-1-2-8-3-4-9(13)6-10(8)16-7-11(14)15/h1-4,6H,5,7H2,(H,14,15). The van der Waals surface area contributed by atoms with Gasteiger partial charge in [0.25, 0.3) is 0 Å². The summed E-state index contributed by atoms with van der Waals surface area (Å²) in [6, 6.07) is 5.10. The van der Waals surface area contributed by atoms with Crippen molar-refractivity contribution in [3.8, 4) is 5.75 Å². The van der Waals surface area contributed by atoms with Crippen LogP contribution >= 0.6 is 27.5 Å². The van der Waals surface area contributed by atoms with E-state index < -0.39 is 5.97 Å². The van der Waals surface area contributed by atoms with E-state index >= 15 is 0 Å². The van der Waals surface area contributed by atoms with Crippen LogP contribution < -0.4 is 4.74 Å². The van der Waals surface area contributed by atoms with Gasteiger partial charge in [-0.3, -0.25) is 0 Å². The molecule has 1 rings (SSSR count). The summed E-state index contributed by atoms with van der Waals surface area (Å²) in [4.78, 5) is 10.4. The average molecular weight is 306 g/mol. The third kappa shape index (κ3) is 4.24. The van der Waals surface area contributed by atoms with Crippen LogP contribution in [-0.2, 0) is 4.79 Å². The zero-order valence-electron chi connectivity index (χ0n) is 8.32. The molecule has 0 aliphatic heterocycles. The number of aliphatic carboxylic acids is 1. The summed E-state index contributed by atoms with van der Waals surface area (Å²) in [5, 5.41) is 9.75. The quantitative estimate of drug-likeness (QED) is 0.850. The highest BCUT2D eigenvalue weighted by Gasteiger charge is 2.04. The second-order valence-electron chi connectivity index (χ2n) is 2.92. The van der Waals surface area contributed by atoms with Crippen molar-refractivity contribution in [2.75, 3.05) is 11.9 Å². The maximum atomic E-state index is 10.4. The third-order valence-corrected chi connectivity index (χ3v) is 2.32. The number of hydrogen-bond acceptors (Lipinski definition) is 2. The molecular formula is C11H10BrClO3. The Labute approximate surface area is 107 Å². The second kappa shape index (κ2) is 6.55. The van der Waals surface area contributed by atoms with Crippen LogP contribution in [0, 0.1) is 0 Å². The van der Waals surface area contributed by atoms with Gasteiger partial charge in [0.15, 0.2) is 6.61 Å². The lowest BCUT2D eigenvalue weighted by Gasteiger charge is -2.07. The lowest BCUT2D eigenvalue weighted by molar-refractivity contribution is -0.139. The molecule has 0 radical (unpaired) electrons. The first-order chi connectivity index (χ1) is 7.63. The third-order valence-electron chi connectivity index (χ3n) is 1.71. The minimum atomic E-state index is -1.02. The highest BCUT2D eigenvalue weighted by Crippen LogP contribution is 2.24. The minimum Gasteiger partial charge on any atom is -0.481 e. The summed E-state index contributed by atoms with van der Waals surface area (Å²) in [5.41, 5.74) is 0.796. The highest BCUT2D eigenvalue weighted by atomic mass is 79.9. The molecule has 1 aromatic rings. The van der Waals surface area contributed by atoms with Crippen LogP contribution in [0.1, 0.15) is 5.56 Å². The van der Waals surface area contributed by atoms with Crippen molar-refractivity contribution in [3.63, 3.8) is 0 Å². The Morgan fingerprint density at radius 3 is 2.94 bits per heavy atom. The first kappa shape index (κ1) is 13.1. The number of rotatable bonds is 5. The van der Waals surface area contributed by atoms with Crippen LogP contribution in [0.15, 0.2) is 24.3 Å². The number of halogens is 2. The van der Waals surface area contributed by atoms with Gasteiger partial charge in [0.1, 0.15) is 5.75 Å². The molecule has 0 saturated carbocycles. The summed E-state index contributed by atoms with van der Waals surface area (Å²) in [7, 11) is 0. The number of carbonyl (C=O) groups is 1. The van der Waals surface area contributed by atoms with Crippen molar-refractivity contribution >= 4 is 39.6 Å². The van der Waals surface area contributed by atoms with E-state index in [4.69, 9.17) is 21.4 Å². The Kier molecular flexibility index (Phi) is 5.35. The van der Waals surface area contributed by atoms with E-state index in [1.165, 1.54) is 0 Å². The second-order valence-corrected chi connectivity index (χ2v) is 4.01. The number of carboxylic acid groups (broad SMARTS) is 1. The molecule has 16 heavy (non-hydrogen) atoms. The Morgan fingerprint density at radius 2 is 2.31 bits per heavy atom. The highest BCUT2D eigenvalue weighted by molar-refractivity contribution is 9.09. The molecule has 0 aliphatic rings. The SMILES string of the molecule is O=C(O)COc1cc(Cl)ccc1C=CCBr. The van der Waals surface area contributed by atoms with E-state index in [1.54, 1.807) is 18.2 Å². The van der Waals surface area contributed by atoms with Crippen LogP contribution in [-0.4, -0.2) is 23.0 Å². The van der Waals surface area contributed by atoms with Crippen molar-refractivity contribution < 1.29 is 14.6 Å². The summed E-state index contributed by atoms with van der Waals surface area (Å²) in [6.07, 6.45) is 3.72. The van der Waals surface area contributed by atoms with Crippen molar-refractivity contribution in [2.24, 2.45) is 0 Å². The van der Waals surface area contributed by atoms with E-state index in [0.29, 0.717) is 16.1 Å². The number of allylic oxidation sites excluding steroid dienone is 1. The Balaban J connectivity index is 2.89. The predicted octanol–water partition coefficient (Wildman–Crippen LogP) is 3.21. The first-order valence-corrected chi connectivity index (χ1v) is 6.00. The molecular weight excluding hydrogens is 295 g/mol. The first-order valence-electron chi connectivity index (χ1n) is 4.50. The van der Waals surface area contributed by atoms with Crippen molar-refractivity contribution in [3.05, 3.63) is 34.9 Å². The molecule has 0 amide bonds. The summed E-state index contributed by atoms with van der Waals surface area (Å²) >= 11 is 9.07. The summed E-state index contributed by atoms with van der Waals surface area (Å²) in [5.74, 6) is -0.553. The molecule has 0 heterocycles. The zero-order chi connectivity index (χ0) is 12.0. The van der Waals surface area contributed by atoms with E-state index in [-0.39, 0.29) is 6.61 Å². The van der Waals surface area contributed by atoms with Crippen molar-refractivity contribution in [1.82, 2.24) is 0 Å². The van der Waals surface area contributed by atoms with E-state index in [9.17, 15) is 4.79 Å².